The van der Waals surface area contributed by atoms with Crippen LogP contribution < -0.4 is 9.48 Å². The zero-order valence-electron chi connectivity index (χ0n) is 20.4. The quantitative estimate of drug-likeness (QED) is 0.134. The molecule has 0 atom stereocenters. The van der Waals surface area contributed by atoms with Gasteiger partial charge < -0.3 is 4.74 Å². The van der Waals surface area contributed by atoms with Crippen LogP contribution in [0.1, 0.15) is 69.4 Å². The molecule has 1 aromatic carbocycles. The minimum Gasteiger partial charge on any atom is -0.494 e. The maximum Gasteiger partial charge on any atom is 0.458 e. The first-order chi connectivity index (χ1) is 16.9. The molecule has 0 unspecified atom stereocenters. The minimum absolute atomic E-state index is 0.0616. The van der Waals surface area contributed by atoms with Gasteiger partial charge in [0.15, 0.2) is 0 Å². The summed E-state index contributed by atoms with van der Waals surface area (Å²) in [6.45, 7) is 6.90. The molecule has 2 aromatic rings. The fraction of sp³-hybridized carbons (Fsp3) is 0.538. The van der Waals surface area contributed by atoms with E-state index >= 15 is 0 Å². The molecule has 0 saturated carbocycles. The second-order valence-corrected chi connectivity index (χ2v) is 10.8. The maximum atomic E-state index is 13.9. The molecule has 3 nitrogen and oxygen atoms in total. The molecule has 0 saturated heterocycles. The predicted molar refractivity (Wildman–Crippen MR) is 137 cm³/mol. The van der Waals surface area contributed by atoms with Crippen LogP contribution in [0.4, 0.5) is 22.0 Å². The van der Waals surface area contributed by atoms with Crippen LogP contribution in [0.25, 0.3) is 10.1 Å². The highest BCUT2D eigenvalue weighted by atomic mass is 32.2. The van der Waals surface area contributed by atoms with E-state index in [0.29, 0.717) is 34.0 Å². The van der Waals surface area contributed by atoms with Gasteiger partial charge in [0.1, 0.15) is 5.75 Å². The number of carbonyl (C=O) groups is 1. The molecule has 0 bridgehead atoms. The number of benzene rings is 1. The van der Waals surface area contributed by atoms with Crippen molar-refractivity contribution in [3.63, 3.8) is 0 Å². The Morgan fingerprint density at radius 1 is 1.00 bits per heavy atom. The van der Waals surface area contributed by atoms with Gasteiger partial charge in [0.2, 0.25) is 9.86 Å². The number of unbranched alkanes of at least 4 members (excludes halogenated alkanes) is 7. The number of rotatable bonds is 14. The van der Waals surface area contributed by atoms with E-state index in [1.54, 1.807) is 6.92 Å². The summed E-state index contributed by atoms with van der Waals surface area (Å²) < 4.78 is 70.9. The molecular formula is C26H31F5O3S2. The molecule has 0 aliphatic rings. The third-order valence-corrected chi connectivity index (χ3v) is 7.75. The van der Waals surface area contributed by atoms with Crippen molar-refractivity contribution in [2.75, 3.05) is 12.4 Å². The lowest BCUT2D eigenvalue weighted by molar-refractivity contribution is -0.289. The first kappa shape index (κ1) is 30.3. The lowest BCUT2D eigenvalue weighted by atomic mass is 10.0. The smallest absolute Gasteiger partial charge is 0.458 e. The summed E-state index contributed by atoms with van der Waals surface area (Å²) in [7, 11) is 0. The number of alkyl halides is 5. The summed E-state index contributed by atoms with van der Waals surface area (Å²) in [6, 6.07) is 4.44. The van der Waals surface area contributed by atoms with Crippen LogP contribution in [0.15, 0.2) is 35.1 Å². The van der Waals surface area contributed by atoms with Crippen molar-refractivity contribution in [1.29, 1.82) is 0 Å². The van der Waals surface area contributed by atoms with Crippen molar-refractivity contribution < 1.29 is 31.5 Å². The van der Waals surface area contributed by atoms with Gasteiger partial charge in [0.25, 0.3) is 0 Å². The first-order valence-corrected chi connectivity index (χ1v) is 13.6. The first-order valence-electron chi connectivity index (χ1n) is 11.8. The second-order valence-electron chi connectivity index (χ2n) is 8.71. The zero-order chi connectivity index (χ0) is 26.9. The highest BCUT2D eigenvalue weighted by molar-refractivity contribution is 8.14. The van der Waals surface area contributed by atoms with E-state index in [0.717, 1.165) is 64.0 Å². The van der Waals surface area contributed by atoms with Crippen LogP contribution in [-0.2, 0) is 10.7 Å². The van der Waals surface area contributed by atoms with E-state index in [-0.39, 0.29) is 16.1 Å². The molecule has 0 N–H and O–H groups in total. The Morgan fingerprint density at radius 3 is 2.17 bits per heavy atom. The van der Waals surface area contributed by atoms with Crippen molar-refractivity contribution in [1.82, 2.24) is 0 Å². The van der Waals surface area contributed by atoms with Gasteiger partial charge in [-0.25, -0.2) is 0 Å². The molecule has 0 radical (unpaired) electrons. The highest BCUT2D eigenvalue weighted by Crippen LogP contribution is 2.45. The van der Waals surface area contributed by atoms with E-state index in [1.165, 1.54) is 30.0 Å². The molecule has 1 aromatic heterocycles. The SMILES string of the molecule is C=C(C)C(=O)SCCCCCCCCCCOc1ccc2c(C)c(C(F)(F)C(F)(F)F)c(=O)sc2c1. The van der Waals surface area contributed by atoms with E-state index in [2.05, 4.69) is 6.58 Å². The Balaban J connectivity index is 1.74. The van der Waals surface area contributed by atoms with Gasteiger partial charge >= 0.3 is 12.1 Å². The molecule has 0 aliphatic heterocycles. The Hall–Kier alpha value is -1.94. The third-order valence-electron chi connectivity index (χ3n) is 5.70. The summed E-state index contributed by atoms with van der Waals surface area (Å²) in [4.78, 5) is 23.6. The lowest BCUT2D eigenvalue weighted by Gasteiger charge is -2.21. The minimum atomic E-state index is -5.84. The standard InChI is InChI=1S/C26H31F5O3S2/c1-17(2)23(32)35-15-11-9-7-5-4-6-8-10-14-34-19-12-13-20-18(3)22(24(33)36-21(20)16-19)25(27,28)26(29,30)31/h12-13,16H,1,4-11,14-15H2,2-3H3. The molecule has 2 rings (SSSR count). The summed E-state index contributed by atoms with van der Waals surface area (Å²) in [5, 5.41) is 0.235. The fourth-order valence-corrected chi connectivity index (χ4v) is 5.54. The van der Waals surface area contributed by atoms with Gasteiger partial charge in [0.05, 0.1) is 12.2 Å². The number of aryl methyl sites for hydroxylation is 1. The van der Waals surface area contributed by atoms with Crippen molar-refractivity contribution in [3.8, 4) is 5.75 Å². The molecule has 0 aliphatic carbocycles. The second kappa shape index (κ2) is 13.6. The van der Waals surface area contributed by atoms with E-state index in [1.807, 2.05) is 0 Å². The summed E-state index contributed by atoms with van der Waals surface area (Å²) in [6.07, 6.45) is 2.54. The molecular weight excluding hydrogens is 519 g/mol. The van der Waals surface area contributed by atoms with Crippen LogP contribution in [-0.4, -0.2) is 23.7 Å². The third kappa shape index (κ3) is 8.30. The van der Waals surface area contributed by atoms with Crippen molar-refractivity contribution in [2.24, 2.45) is 0 Å². The molecule has 0 fully saturated rings. The van der Waals surface area contributed by atoms with Crippen molar-refractivity contribution in [3.05, 3.63) is 51.0 Å². The van der Waals surface area contributed by atoms with Crippen molar-refractivity contribution in [2.45, 2.75) is 77.3 Å². The van der Waals surface area contributed by atoms with Gasteiger partial charge in [-0.05, 0) is 61.4 Å². The van der Waals surface area contributed by atoms with Gasteiger partial charge in [0, 0.05) is 10.5 Å². The van der Waals surface area contributed by atoms with Crippen LogP contribution >= 0.6 is 23.1 Å². The number of halogens is 5. The highest BCUT2D eigenvalue weighted by Gasteiger charge is 2.60. The largest absolute Gasteiger partial charge is 0.494 e. The Labute approximate surface area is 216 Å². The predicted octanol–water partition coefficient (Wildman–Crippen LogP) is 8.56. The van der Waals surface area contributed by atoms with Crippen LogP contribution in [0, 0.1) is 6.92 Å². The van der Waals surface area contributed by atoms with E-state index < -0.39 is 22.4 Å². The number of thioether (sulfide) groups is 1. The summed E-state index contributed by atoms with van der Waals surface area (Å²) in [5.74, 6) is -3.94. The summed E-state index contributed by atoms with van der Waals surface area (Å²) >= 11 is 1.69. The zero-order valence-corrected chi connectivity index (χ0v) is 22.1. The molecule has 36 heavy (non-hydrogen) atoms. The van der Waals surface area contributed by atoms with Gasteiger partial charge in [-0.3, -0.25) is 9.59 Å². The average Bonchev–Trinajstić information content (AvgIpc) is 2.78. The molecule has 10 heteroatoms. The molecule has 0 amide bonds. The number of ether oxygens (including phenoxy) is 1. The van der Waals surface area contributed by atoms with E-state index in [4.69, 9.17) is 4.74 Å². The Morgan fingerprint density at radius 2 is 1.58 bits per heavy atom. The topological polar surface area (TPSA) is 43.4 Å². The monoisotopic (exact) mass is 550 g/mol. The maximum absolute atomic E-state index is 13.9. The normalized spacial score (nSPS) is 12.2. The van der Waals surface area contributed by atoms with Gasteiger partial charge in [-0.2, -0.15) is 22.0 Å². The summed E-state index contributed by atoms with van der Waals surface area (Å²) in [5.41, 5.74) is -1.30. The molecule has 1 heterocycles. The van der Waals surface area contributed by atoms with Crippen LogP contribution in [0.5, 0.6) is 5.75 Å². The van der Waals surface area contributed by atoms with Crippen LogP contribution in [0.2, 0.25) is 0 Å². The van der Waals surface area contributed by atoms with Crippen LogP contribution in [0.3, 0.4) is 0 Å². The molecule has 200 valence electrons. The Kier molecular flexibility index (Phi) is 11.4. The number of fused-ring (bicyclic) bond motifs is 1. The number of hydrogen-bond donors (Lipinski definition) is 0. The fourth-order valence-electron chi connectivity index (χ4n) is 3.67. The average molecular weight is 551 g/mol. The van der Waals surface area contributed by atoms with Gasteiger partial charge in [-0.1, -0.05) is 68.2 Å². The molecule has 0 spiro atoms. The number of carbonyl (C=O) groups excluding carboxylic acids is 1. The van der Waals surface area contributed by atoms with Crippen molar-refractivity contribution >= 4 is 38.3 Å². The lowest BCUT2D eigenvalue weighted by Crippen LogP contribution is -2.38. The van der Waals surface area contributed by atoms with E-state index in [9.17, 15) is 31.5 Å². The Bertz CT molecular complexity index is 1110. The number of hydrogen-bond acceptors (Lipinski definition) is 5. The van der Waals surface area contributed by atoms with Gasteiger partial charge in [-0.15, -0.1) is 0 Å².